The van der Waals surface area contributed by atoms with E-state index in [2.05, 4.69) is 35.0 Å². The van der Waals surface area contributed by atoms with Crippen molar-refractivity contribution in [3.63, 3.8) is 0 Å². The first-order valence-electron chi connectivity index (χ1n) is 4.96. The van der Waals surface area contributed by atoms with Crippen LogP contribution in [0.2, 0.25) is 0 Å². The molecule has 0 aromatic heterocycles. The summed E-state index contributed by atoms with van der Waals surface area (Å²) in [6.45, 7) is 6.19. The first-order chi connectivity index (χ1) is 9.53. The van der Waals surface area contributed by atoms with E-state index in [0.717, 1.165) is 19.3 Å². The highest BCUT2D eigenvalue weighted by molar-refractivity contribution is 5.81. The van der Waals surface area contributed by atoms with Crippen molar-refractivity contribution in [3.8, 4) is 24.7 Å². The smallest absolute Gasteiger partial charge is 0.331 e. The quantitative estimate of drug-likeness (QED) is 0.449. The Labute approximate surface area is 127 Å². The second kappa shape index (κ2) is 36.0. The molecule has 0 unspecified atom stereocenters. The molecular weight excluding hydrogens is 276 g/mol. The fourth-order valence-corrected chi connectivity index (χ4v) is 0.255. The minimum Gasteiger partial charge on any atom is -0.466 e. The Bertz CT molecular complexity index is 333. The zero-order chi connectivity index (χ0) is 16.8. The maximum Gasteiger partial charge on any atom is 0.331 e. The summed E-state index contributed by atoms with van der Waals surface area (Å²) in [5, 5.41) is 14.6. The Balaban J connectivity index is -0.0000000587. The van der Waals surface area contributed by atoms with Gasteiger partial charge in [0.05, 0.1) is 7.11 Å². The van der Waals surface area contributed by atoms with Gasteiger partial charge in [-0.1, -0.05) is 32.4 Å². The van der Waals surface area contributed by atoms with E-state index in [1.54, 1.807) is 0 Å². The van der Waals surface area contributed by atoms with Gasteiger partial charge in [0, 0.05) is 19.3 Å². The summed E-state index contributed by atoms with van der Waals surface area (Å²) < 4.78 is 8.49. The van der Waals surface area contributed by atoms with Crippen LogP contribution in [0, 0.1) is 24.7 Å². The molecule has 0 aromatic carbocycles. The van der Waals surface area contributed by atoms with Gasteiger partial charge in [-0.3, -0.25) is 0 Å². The highest BCUT2D eigenvalue weighted by atomic mass is 16.5. The van der Waals surface area contributed by atoms with E-state index in [1.165, 1.54) is 7.11 Å². The van der Waals surface area contributed by atoms with Crippen LogP contribution in [0.3, 0.4) is 0 Å². The highest BCUT2D eigenvalue weighted by Gasteiger charge is 1.88. The Morgan fingerprint density at radius 2 is 1.52 bits per heavy atom. The van der Waals surface area contributed by atoms with Crippen LogP contribution in [0.25, 0.3) is 0 Å². The van der Waals surface area contributed by atoms with Crippen molar-refractivity contribution in [1.29, 1.82) is 0 Å². The van der Waals surface area contributed by atoms with Gasteiger partial charge in [-0.2, -0.15) is 0 Å². The summed E-state index contributed by atoms with van der Waals surface area (Å²) in [5.74, 6) is 3.25. The van der Waals surface area contributed by atoms with Crippen LogP contribution in [0.5, 0.6) is 0 Å². The third-order valence-corrected chi connectivity index (χ3v) is 0.924. The molecule has 0 rings (SSSR count). The number of rotatable bonds is 3. The molecule has 120 valence electrons. The molecule has 0 radical (unpaired) electrons. The van der Waals surface area contributed by atoms with Gasteiger partial charge in [0.25, 0.3) is 0 Å². The van der Waals surface area contributed by atoms with E-state index < -0.39 is 11.9 Å². The van der Waals surface area contributed by atoms with Crippen molar-refractivity contribution in [2.24, 2.45) is 0 Å². The van der Waals surface area contributed by atoms with Crippen LogP contribution in [-0.2, 0) is 19.1 Å². The van der Waals surface area contributed by atoms with Gasteiger partial charge >= 0.3 is 11.9 Å². The van der Waals surface area contributed by atoms with Gasteiger partial charge in [-0.05, 0) is 0 Å². The molecule has 0 saturated heterocycles. The zero-order valence-corrected chi connectivity index (χ0v) is 11.7. The Morgan fingerprint density at radius 3 is 1.67 bits per heavy atom. The fraction of sp³-hybridized carbons (Fsp3) is 0.333. The number of esters is 2. The minimum atomic E-state index is -0.483. The number of terminal acetylenes is 2. The first-order valence-corrected chi connectivity index (χ1v) is 4.96. The van der Waals surface area contributed by atoms with Crippen LogP contribution < -0.4 is 0 Å². The molecule has 0 atom stereocenters. The molecule has 0 aliphatic heterocycles. The number of carbonyl (C=O) groups excluding carboxylic acids is 2. The van der Waals surface area contributed by atoms with Crippen LogP contribution >= 0.6 is 0 Å². The van der Waals surface area contributed by atoms with Gasteiger partial charge in [0.15, 0.2) is 6.61 Å². The number of hydrogen-bond donors (Lipinski definition) is 2. The molecule has 2 N–H and O–H groups in total. The second-order valence-electron chi connectivity index (χ2n) is 2.11. The average Bonchev–Trinajstić information content (AvgIpc) is 2.54. The molecule has 6 heteroatoms. The lowest BCUT2D eigenvalue weighted by molar-refractivity contribution is -0.136. The highest BCUT2D eigenvalue weighted by Crippen LogP contribution is 1.74. The van der Waals surface area contributed by atoms with Crippen molar-refractivity contribution in [2.45, 2.75) is 7.43 Å². The normalized spacial score (nSPS) is 5.81. The van der Waals surface area contributed by atoms with Crippen LogP contribution in [-0.4, -0.2) is 49.6 Å². The van der Waals surface area contributed by atoms with Gasteiger partial charge in [-0.25, -0.2) is 9.59 Å². The number of ether oxygens (including phenoxy) is 2. The molecule has 21 heavy (non-hydrogen) atoms. The van der Waals surface area contributed by atoms with Gasteiger partial charge < -0.3 is 19.7 Å². The number of hydrogen-bond acceptors (Lipinski definition) is 6. The Kier molecular flexibility index (Phi) is 53.3. The standard InChI is InChI=1S/C6H6O2.C4H6O2.C3H4O.CH4O.CH4/c1-3-5-8-6(7)4-2;1-3-4(5)6-2;1-2-3-4;1-2;/h1,4H,2,5H2;3H,1H2,2H3;1,4H,3H2;2H,1H3;1H4. The fourth-order valence-electron chi connectivity index (χ4n) is 0.255. The third-order valence-electron chi connectivity index (χ3n) is 0.924. The summed E-state index contributed by atoms with van der Waals surface area (Å²) in [6, 6.07) is 0. The molecule has 0 spiro atoms. The van der Waals surface area contributed by atoms with Crippen LogP contribution in [0.4, 0.5) is 0 Å². The number of aliphatic hydroxyl groups is 2. The molecule has 0 aliphatic carbocycles. The molecule has 0 heterocycles. The summed E-state index contributed by atoms with van der Waals surface area (Å²) in [6.07, 6.45) is 11.5. The topological polar surface area (TPSA) is 93.1 Å². The maximum absolute atomic E-state index is 10.1. The van der Waals surface area contributed by atoms with Crippen molar-refractivity contribution in [1.82, 2.24) is 0 Å². The van der Waals surface area contributed by atoms with E-state index in [9.17, 15) is 9.59 Å². The SMILES string of the molecule is C.C#CCO.C#CCOC(=O)C=C.C=CC(=O)OC.CO. The van der Waals surface area contributed by atoms with E-state index in [4.69, 9.17) is 16.6 Å². The Hall–Kier alpha value is -2.54. The summed E-state index contributed by atoms with van der Waals surface area (Å²) >= 11 is 0. The average molecular weight is 300 g/mol. The summed E-state index contributed by atoms with van der Waals surface area (Å²) in [4.78, 5) is 20.0. The molecule has 0 amide bonds. The molecule has 0 fully saturated rings. The van der Waals surface area contributed by atoms with Crippen LogP contribution in [0.15, 0.2) is 25.3 Å². The van der Waals surface area contributed by atoms with E-state index in [-0.39, 0.29) is 20.6 Å². The molecule has 6 nitrogen and oxygen atoms in total. The predicted octanol–water partition coefficient (Wildman–Crippen LogP) is 0.551. The van der Waals surface area contributed by atoms with Crippen LogP contribution in [0.1, 0.15) is 7.43 Å². The second-order valence-corrected chi connectivity index (χ2v) is 2.11. The molecule has 0 aromatic rings. The zero-order valence-electron chi connectivity index (χ0n) is 11.7. The predicted molar refractivity (Wildman–Crippen MR) is 83.0 cm³/mol. The third kappa shape index (κ3) is 58.3. The Morgan fingerprint density at radius 1 is 1.14 bits per heavy atom. The molecular formula is C15H24O6. The molecule has 0 bridgehead atoms. The van der Waals surface area contributed by atoms with Crippen molar-refractivity contribution in [2.75, 3.05) is 27.4 Å². The summed E-state index contributed by atoms with van der Waals surface area (Å²) in [7, 11) is 2.31. The summed E-state index contributed by atoms with van der Waals surface area (Å²) in [5.41, 5.74) is 0. The maximum atomic E-state index is 10.1. The van der Waals surface area contributed by atoms with Crippen molar-refractivity contribution < 1.29 is 29.3 Å². The molecule has 0 aliphatic rings. The van der Waals surface area contributed by atoms with Crippen molar-refractivity contribution in [3.05, 3.63) is 25.3 Å². The van der Waals surface area contributed by atoms with Gasteiger partial charge in [0.2, 0.25) is 0 Å². The monoisotopic (exact) mass is 300 g/mol. The number of carbonyl (C=O) groups is 2. The van der Waals surface area contributed by atoms with E-state index in [0.29, 0.717) is 0 Å². The lowest BCUT2D eigenvalue weighted by atomic mass is 10.6. The first kappa shape index (κ1) is 31.1. The minimum absolute atomic E-state index is 0. The largest absolute Gasteiger partial charge is 0.466 e. The van der Waals surface area contributed by atoms with E-state index in [1.807, 2.05) is 5.92 Å². The van der Waals surface area contributed by atoms with Gasteiger partial charge in [0.1, 0.15) is 6.61 Å². The van der Waals surface area contributed by atoms with E-state index >= 15 is 0 Å². The number of methoxy groups -OCH3 is 1. The van der Waals surface area contributed by atoms with Crippen molar-refractivity contribution >= 4 is 11.9 Å². The molecule has 0 saturated carbocycles. The van der Waals surface area contributed by atoms with Gasteiger partial charge in [-0.15, -0.1) is 12.8 Å². The lowest BCUT2D eigenvalue weighted by Gasteiger charge is -1.90. The lowest BCUT2D eigenvalue weighted by Crippen LogP contribution is -1.98. The number of aliphatic hydroxyl groups excluding tert-OH is 2.